The number of hydrogen-bond acceptors (Lipinski definition) is 5. The Morgan fingerprint density at radius 2 is 1.74 bits per heavy atom. The van der Waals surface area contributed by atoms with Crippen molar-refractivity contribution in [3.63, 3.8) is 0 Å². The van der Waals surface area contributed by atoms with E-state index in [9.17, 15) is 19.2 Å². The third-order valence-electron chi connectivity index (χ3n) is 7.66. The number of halogens is 2. The number of carbonyl (C=O) groups excluding carboxylic acids is 4. The van der Waals surface area contributed by atoms with Crippen molar-refractivity contribution in [1.29, 1.82) is 0 Å². The van der Waals surface area contributed by atoms with Gasteiger partial charge in [-0.3, -0.25) is 19.7 Å². The highest BCUT2D eigenvalue weighted by Gasteiger charge is 2.38. The molecule has 1 saturated heterocycles. The molecule has 4 aromatic rings. The molecule has 2 aliphatic rings. The van der Waals surface area contributed by atoms with Crippen molar-refractivity contribution >= 4 is 75.7 Å². The summed E-state index contributed by atoms with van der Waals surface area (Å²) in [6.07, 6.45) is 5.28. The molecule has 8 nitrogen and oxygen atoms in total. The van der Waals surface area contributed by atoms with E-state index in [1.165, 1.54) is 23.1 Å². The highest BCUT2D eigenvalue weighted by Crippen LogP contribution is 2.40. The molecule has 11 heteroatoms. The van der Waals surface area contributed by atoms with E-state index in [4.69, 9.17) is 23.2 Å². The number of urea groups is 1. The van der Waals surface area contributed by atoms with E-state index in [0.29, 0.717) is 16.8 Å². The minimum Gasteiger partial charge on any atom is -0.322 e. The lowest BCUT2D eigenvalue weighted by atomic mass is 9.95. The number of nitrogens with one attached hydrogen (secondary N) is 2. The minimum atomic E-state index is -0.917. The molecule has 0 atom stereocenters. The summed E-state index contributed by atoms with van der Waals surface area (Å²) in [4.78, 5) is 54.9. The normalized spacial score (nSPS) is 16.0. The van der Waals surface area contributed by atoms with E-state index >= 15 is 0 Å². The summed E-state index contributed by atoms with van der Waals surface area (Å²) in [5, 5.41) is 6.25. The first-order chi connectivity index (χ1) is 20.7. The summed E-state index contributed by atoms with van der Waals surface area (Å²) in [6, 6.07) is 14.9. The van der Waals surface area contributed by atoms with Crippen LogP contribution in [-0.2, 0) is 22.4 Å². The van der Waals surface area contributed by atoms with Gasteiger partial charge < -0.3 is 9.88 Å². The van der Waals surface area contributed by atoms with Gasteiger partial charge in [0.15, 0.2) is 0 Å². The van der Waals surface area contributed by atoms with E-state index in [1.54, 1.807) is 17.4 Å². The second-order valence-electron chi connectivity index (χ2n) is 10.4. The average molecular weight is 634 g/mol. The molecule has 2 aromatic heterocycles. The van der Waals surface area contributed by atoms with Crippen LogP contribution in [0.1, 0.15) is 50.6 Å². The van der Waals surface area contributed by atoms with Gasteiger partial charge in [0.2, 0.25) is 0 Å². The largest absolute Gasteiger partial charge is 0.336 e. The molecule has 218 valence electrons. The van der Waals surface area contributed by atoms with E-state index < -0.39 is 17.8 Å². The lowest BCUT2D eigenvalue weighted by Gasteiger charge is -2.27. The van der Waals surface area contributed by atoms with Crippen LogP contribution in [0.2, 0.25) is 10.0 Å². The van der Waals surface area contributed by atoms with Crippen molar-refractivity contribution in [3.8, 4) is 5.00 Å². The van der Waals surface area contributed by atoms with Gasteiger partial charge in [-0.05, 0) is 87.1 Å². The van der Waals surface area contributed by atoms with Crippen molar-refractivity contribution in [3.05, 3.63) is 103 Å². The fraction of sp³-hybridized carbons (Fsp3) is 0.188. The maximum atomic E-state index is 13.7. The van der Waals surface area contributed by atoms with Gasteiger partial charge in [0, 0.05) is 22.0 Å². The second kappa shape index (κ2) is 11.5. The molecular weight excluding hydrogens is 607 g/mol. The number of nitrogens with zero attached hydrogens (tertiary/aromatic N) is 2. The molecule has 2 N–H and O–H groups in total. The Kier molecular flexibility index (Phi) is 7.72. The molecule has 0 unspecified atom stereocenters. The number of aromatic nitrogens is 1. The highest BCUT2D eigenvalue weighted by molar-refractivity contribution is 7.15. The second-order valence-corrected chi connectivity index (χ2v) is 12.3. The van der Waals surface area contributed by atoms with Crippen molar-refractivity contribution in [1.82, 2.24) is 9.88 Å². The SMILES string of the molecule is Cc1cc(/C=C2\C(=O)NC(=O)N(c3cccc(Cl)c3Cl)C2=O)c(C)n1-c1sc2c(c1C(=O)Nc1ccccc1)CCCC2. The van der Waals surface area contributed by atoms with Crippen LogP contribution in [0.15, 0.2) is 60.2 Å². The van der Waals surface area contributed by atoms with Crippen LogP contribution in [0.25, 0.3) is 11.1 Å². The van der Waals surface area contributed by atoms with E-state index in [0.717, 1.165) is 52.5 Å². The standard InChI is InChI=1S/C32H26Cl2N4O4S/c1-17-15-19(16-22-28(39)36-32(42)38(30(22)41)24-13-8-12-23(33)27(24)34)18(2)37(17)31-26(21-11-6-7-14-25(21)43-31)29(40)35-20-9-4-3-5-10-20/h3-5,8-10,12-13,15-16H,6-7,11,14H2,1-2H3,(H,35,40)(H,36,39,42)/b22-16+. The Balaban J connectivity index is 1.42. The molecule has 1 fully saturated rings. The number of fused-ring (bicyclic) bond motifs is 1. The Hall–Kier alpha value is -4.18. The Labute approximate surface area is 261 Å². The summed E-state index contributed by atoms with van der Waals surface area (Å²) in [7, 11) is 0. The number of rotatable bonds is 5. The number of carbonyl (C=O) groups is 4. The number of imide groups is 2. The maximum absolute atomic E-state index is 13.7. The van der Waals surface area contributed by atoms with Crippen molar-refractivity contribution in [2.75, 3.05) is 10.2 Å². The molecule has 0 spiro atoms. The summed E-state index contributed by atoms with van der Waals surface area (Å²) in [6.45, 7) is 3.79. The van der Waals surface area contributed by atoms with Crippen LogP contribution in [0.5, 0.6) is 0 Å². The first-order valence-corrected chi connectivity index (χ1v) is 15.3. The zero-order valence-electron chi connectivity index (χ0n) is 23.3. The lowest BCUT2D eigenvalue weighted by Crippen LogP contribution is -2.54. The zero-order chi connectivity index (χ0) is 30.4. The summed E-state index contributed by atoms with van der Waals surface area (Å²) < 4.78 is 2.00. The van der Waals surface area contributed by atoms with E-state index in [1.807, 2.05) is 54.8 Å². The molecule has 6 rings (SSSR count). The predicted octanol–water partition coefficient (Wildman–Crippen LogP) is 7.26. The monoisotopic (exact) mass is 632 g/mol. The Morgan fingerprint density at radius 1 is 1.00 bits per heavy atom. The number of hydrogen-bond donors (Lipinski definition) is 2. The topological polar surface area (TPSA) is 101 Å². The molecule has 1 aliphatic heterocycles. The van der Waals surface area contributed by atoms with E-state index in [2.05, 4.69) is 10.6 Å². The lowest BCUT2D eigenvalue weighted by molar-refractivity contribution is -0.122. The van der Waals surface area contributed by atoms with Crippen LogP contribution in [0.3, 0.4) is 0 Å². The molecule has 3 heterocycles. The number of thiophene rings is 1. The van der Waals surface area contributed by atoms with Crippen LogP contribution in [0, 0.1) is 13.8 Å². The number of benzene rings is 2. The number of amides is 5. The molecule has 0 bridgehead atoms. The fourth-order valence-electron chi connectivity index (χ4n) is 5.60. The van der Waals surface area contributed by atoms with Gasteiger partial charge in [0.05, 0.1) is 21.3 Å². The van der Waals surface area contributed by atoms with E-state index in [-0.39, 0.29) is 27.2 Å². The number of anilines is 2. The van der Waals surface area contributed by atoms with Crippen molar-refractivity contribution < 1.29 is 19.2 Å². The van der Waals surface area contributed by atoms with Crippen LogP contribution in [-0.4, -0.2) is 28.3 Å². The molecule has 5 amide bonds. The van der Waals surface area contributed by atoms with Crippen LogP contribution >= 0.6 is 34.5 Å². The van der Waals surface area contributed by atoms with Gasteiger partial charge >= 0.3 is 6.03 Å². The Morgan fingerprint density at radius 3 is 2.51 bits per heavy atom. The minimum absolute atomic E-state index is 0.0162. The first kappa shape index (κ1) is 28.9. The molecule has 43 heavy (non-hydrogen) atoms. The molecule has 0 radical (unpaired) electrons. The number of para-hydroxylation sites is 1. The molecule has 1 aliphatic carbocycles. The molecule has 0 saturated carbocycles. The highest BCUT2D eigenvalue weighted by atomic mass is 35.5. The summed E-state index contributed by atoms with van der Waals surface area (Å²) in [5.74, 6) is -1.82. The zero-order valence-corrected chi connectivity index (χ0v) is 25.6. The fourth-order valence-corrected chi connectivity index (χ4v) is 7.48. The third-order valence-corrected chi connectivity index (χ3v) is 9.74. The predicted molar refractivity (Wildman–Crippen MR) is 170 cm³/mol. The van der Waals surface area contributed by atoms with Gasteiger partial charge in [-0.1, -0.05) is 47.5 Å². The summed E-state index contributed by atoms with van der Waals surface area (Å²) in [5.41, 5.74) is 4.42. The number of aryl methyl sites for hydroxylation is 2. The van der Waals surface area contributed by atoms with Gasteiger partial charge in [-0.25, -0.2) is 9.69 Å². The smallest absolute Gasteiger partial charge is 0.322 e. The quantitative estimate of drug-likeness (QED) is 0.179. The van der Waals surface area contributed by atoms with Gasteiger partial charge in [-0.15, -0.1) is 11.3 Å². The Bertz CT molecular complexity index is 1860. The van der Waals surface area contributed by atoms with Gasteiger partial charge in [0.1, 0.15) is 10.6 Å². The molecule has 2 aromatic carbocycles. The number of barbiturate groups is 1. The van der Waals surface area contributed by atoms with Crippen molar-refractivity contribution in [2.45, 2.75) is 39.5 Å². The maximum Gasteiger partial charge on any atom is 0.336 e. The van der Waals surface area contributed by atoms with Gasteiger partial charge in [0.25, 0.3) is 17.7 Å². The van der Waals surface area contributed by atoms with Gasteiger partial charge in [-0.2, -0.15) is 0 Å². The average Bonchev–Trinajstić information content (AvgIpc) is 3.49. The molecular formula is C32H26Cl2N4O4S. The van der Waals surface area contributed by atoms with Crippen LogP contribution < -0.4 is 15.5 Å². The third kappa shape index (κ3) is 5.18. The van der Waals surface area contributed by atoms with Crippen LogP contribution in [0.4, 0.5) is 16.2 Å². The van der Waals surface area contributed by atoms with Crippen molar-refractivity contribution in [2.24, 2.45) is 0 Å². The first-order valence-electron chi connectivity index (χ1n) is 13.7. The summed E-state index contributed by atoms with van der Waals surface area (Å²) >= 11 is 14.0.